The Kier molecular flexibility index (Phi) is 15.0. The molecular formula is C84H53BBr2O2S2. The molecular weight excluding hydrogens is 1280 g/mol. The van der Waals surface area contributed by atoms with Crippen LogP contribution >= 0.6 is 54.5 Å². The van der Waals surface area contributed by atoms with Crippen molar-refractivity contribution in [2.75, 3.05) is 0 Å². The lowest BCUT2D eigenvalue weighted by molar-refractivity contribution is 0.426. The van der Waals surface area contributed by atoms with Crippen LogP contribution in [0.4, 0.5) is 0 Å². The fourth-order valence-corrected chi connectivity index (χ4v) is 16.7. The fourth-order valence-electron chi connectivity index (χ4n) is 13.9. The molecule has 430 valence electrons. The first-order chi connectivity index (χ1) is 44.8. The van der Waals surface area contributed by atoms with Gasteiger partial charge in [-0.15, -0.1) is 22.7 Å². The molecule has 0 atom stereocenters. The Morgan fingerprint density at radius 3 is 0.703 bits per heavy atom. The van der Waals surface area contributed by atoms with Crippen molar-refractivity contribution in [2.24, 2.45) is 0 Å². The topological polar surface area (TPSA) is 40.5 Å². The highest BCUT2D eigenvalue weighted by Gasteiger charge is 2.23. The van der Waals surface area contributed by atoms with Crippen LogP contribution in [0.1, 0.15) is 0 Å². The number of hydrogen-bond donors (Lipinski definition) is 2. The molecule has 16 aromatic carbocycles. The van der Waals surface area contributed by atoms with Crippen molar-refractivity contribution in [1.29, 1.82) is 0 Å². The van der Waals surface area contributed by atoms with E-state index >= 15 is 0 Å². The molecule has 0 aliphatic carbocycles. The second-order valence-electron chi connectivity index (χ2n) is 22.9. The summed E-state index contributed by atoms with van der Waals surface area (Å²) in [6, 6.07) is 111. The van der Waals surface area contributed by atoms with E-state index in [0.29, 0.717) is 5.46 Å². The molecule has 91 heavy (non-hydrogen) atoms. The third-order valence-corrected chi connectivity index (χ3v) is 21.0. The number of hydrogen-bond acceptors (Lipinski definition) is 4. The molecule has 0 aliphatic heterocycles. The number of rotatable bonds is 6. The summed E-state index contributed by atoms with van der Waals surface area (Å²) in [7, 11) is -1.50. The first-order valence-electron chi connectivity index (χ1n) is 30.4. The molecule has 0 bridgehead atoms. The first-order valence-corrected chi connectivity index (χ1v) is 33.6. The maximum atomic E-state index is 9.94. The molecule has 7 heteroatoms. The van der Waals surface area contributed by atoms with Crippen LogP contribution in [-0.4, -0.2) is 17.2 Å². The van der Waals surface area contributed by atoms with Gasteiger partial charge in [0.25, 0.3) is 0 Å². The molecule has 2 heterocycles. The molecule has 2 N–H and O–H groups in total. The van der Waals surface area contributed by atoms with Crippen molar-refractivity contribution >= 4 is 172 Å². The highest BCUT2D eigenvalue weighted by atomic mass is 79.9. The zero-order chi connectivity index (χ0) is 61.1. The van der Waals surface area contributed by atoms with Gasteiger partial charge in [-0.1, -0.05) is 281 Å². The highest BCUT2D eigenvalue weighted by Crippen LogP contribution is 2.49. The van der Waals surface area contributed by atoms with E-state index in [1.807, 2.05) is 89.4 Å². The third-order valence-electron chi connectivity index (χ3n) is 17.7. The summed E-state index contributed by atoms with van der Waals surface area (Å²) in [5, 5.41) is 39.2. The second kappa shape index (κ2) is 24.0. The number of halogens is 2. The van der Waals surface area contributed by atoms with Crippen LogP contribution in [0.25, 0.3) is 161 Å². The van der Waals surface area contributed by atoms with E-state index in [-0.39, 0.29) is 0 Å². The Hall–Kier alpha value is -9.54. The maximum absolute atomic E-state index is 9.94. The van der Waals surface area contributed by atoms with Gasteiger partial charge in [0.05, 0.1) is 0 Å². The Morgan fingerprint density at radius 2 is 0.429 bits per heavy atom. The number of thiophene rings is 2. The van der Waals surface area contributed by atoms with Gasteiger partial charge in [0.1, 0.15) is 0 Å². The third kappa shape index (κ3) is 10.2. The Morgan fingerprint density at radius 1 is 0.209 bits per heavy atom. The molecule has 0 unspecified atom stereocenters. The zero-order valence-electron chi connectivity index (χ0n) is 49.0. The van der Waals surface area contributed by atoms with Crippen molar-refractivity contribution in [3.63, 3.8) is 0 Å². The predicted octanol–water partition coefficient (Wildman–Crippen LogP) is 24.3. The lowest BCUT2D eigenvalue weighted by Crippen LogP contribution is -2.31. The molecule has 0 amide bonds. The van der Waals surface area contributed by atoms with Crippen molar-refractivity contribution in [2.45, 2.75) is 0 Å². The van der Waals surface area contributed by atoms with Crippen LogP contribution in [0.5, 0.6) is 0 Å². The molecule has 2 nitrogen and oxygen atoms in total. The zero-order valence-corrected chi connectivity index (χ0v) is 53.8. The molecule has 0 spiro atoms. The average molecular weight is 1330 g/mol. The Bertz CT molecular complexity index is 5400. The molecule has 0 fully saturated rings. The van der Waals surface area contributed by atoms with E-state index in [1.54, 1.807) is 0 Å². The first kappa shape index (κ1) is 56.7. The number of benzene rings is 16. The van der Waals surface area contributed by atoms with E-state index in [4.69, 9.17) is 0 Å². The molecule has 18 rings (SSSR count). The average Bonchev–Trinajstić information content (AvgIpc) is 0.840. The Labute approximate surface area is 551 Å². The molecule has 0 aliphatic rings. The van der Waals surface area contributed by atoms with E-state index < -0.39 is 7.12 Å². The Balaban J connectivity index is 0.000000141. The minimum Gasteiger partial charge on any atom is -0.423 e. The summed E-state index contributed by atoms with van der Waals surface area (Å²) >= 11 is 10.7. The predicted molar refractivity (Wildman–Crippen MR) is 403 cm³/mol. The molecule has 0 saturated carbocycles. The summed E-state index contributed by atoms with van der Waals surface area (Å²) in [6.45, 7) is 0. The van der Waals surface area contributed by atoms with Gasteiger partial charge in [-0.3, -0.25) is 0 Å². The van der Waals surface area contributed by atoms with Crippen LogP contribution in [-0.2, 0) is 0 Å². The van der Waals surface area contributed by atoms with E-state index in [9.17, 15) is 10.0 Å². The minimum absolute atomic E-state index is 0.566. The SMILES string of the molecule is Brc1ccc2sc3ccc(Br)cc3c2c1.OB(O)c1c2ccccc2c(-c2ccccc2)c2ccccc12.c1ccc(-c2c3ccccc3c(-c3ccc4sc5ccc(-c6c7ccccc7c(-c7ccccc7)c7ccccc67)cc5c4c3)c3ccccc23)cc1. The smallest absolute Gasteiger partial charge is 0.423 e. The largest absolute Gasteiger partial charge is 0.489 e. The summed E-state index contributed by atoms with van der Waals surface area (Å²) < 4.78 is 7.57. The molecule has 18 aromatic rings. The fraction of sp³-hybridized carbons (Fsp3) is 0. The van der Waals surface area contributed by atoms with Gasteiger partial charge in [0, 0.05) is 49.3 Å². The van der Waals surface area contributed by atoms with Crippen LogP contribution < -0.4 is 5.46 Å². The van der Waals surface area contributed by atoms with Crippen molar-refractivity contribution in [3.8, 4) is 55.6 Å². The lowest BCUT2D eigenvalue weighted by atomic mass is 9.72. The lowest BCUT2D eigenvalue weighted by Gasteiger charge is -2.18. The quantitative estimate of drug-likeness (QED) is 0.129. The van der Waals surface area contributed by atoms with E-state index in [1.165, 1.54) is 128 Å². The summed E-state index contributed by atoms with van der Waals surface area (Å²) in [5.41, 5.74) is 13.0. The van der Waals surface area contributed by atoms with Crippen molar-refractivity contribution < 1.29 is 10.0 Å². The van der Waals surface area contributed by atoms with Gasteiger partial charge in [0.15, 0.2) is 0 Å². The minimum atomic E-state index is -1.50. The van der Waals surface area contributed by atoms with Crippen molar-refractivity contribution in [3.05, 3.63) is 318 Å². The van der Waals surface area contributed by atoms with Gasteiger partial charge in [-0.05, 0) is 186 Å². The second-order valence-corrected chi connectivity index (χ2v) is 26.9. The van der Waals surface area contributed by atoms with Gasteiger partial charge >= 0.3 is 7.12 Å². The van der Waals surface area contributed by atoms with Gasteiger partial charge in [0.2, 0.25) is 0 Å². The molecule has 2 aromatic heterocycles. The van der Waals surface area contributed by atoms with E-state index in [0.717, 1.165) is 41.6 Å². The van der Waals surface area contributed by atoms with Crippen LogP contribution in [0.15, 0.2) is 318 Å². The van der Waals surface area contributed by atoms with Crippen LogP contribution in [0.2, 0.25) is 0 Å². The van der Waals surface area contributed by atoms with Crippen molar-refractivity contribution in [1.82, 2.24) is 0 Å². The molecule has 0 radical (unpaired) electrons. The maximum Gasteiger partial charge on any atom is 0.489 e. The number of fused-ring (bicyclic) bond motifs is 12. The van der Waals surface area contributed by atoms with Crippen LogP contribution in [0.3, 0.4) is 0 Å². The summed E-state index contributed by atoms with van der Waals surface area (Å²) in [5.74, 6) is 0. The molecule has 0 saturated heterocycles. The van der Waals surface area contributed by atoms with Gasteiger partial charge in [-0.25, -0.2) is 0 Å². The normalized spacial score (nSPS) is 11.5. The van der Waals surface area contributed by atoms with Gasteiger partial charge in [-0.2, -0.15) is 0 Å². The van der Waals surface area contributed by atoms with Gasteiger partial charge < -0.3 is 10.0 Å². The summed E-state index contributed by atoms with van der Waals surface area (Å²) in [6.07, 6.45) is 0. The monoisotopic (exact) mass is 1330 g/mol. The summed E-state index contributed by atoms with van der Waals surface area (Å²) in [4.78, 5) is 0. The highest BCUT2D eigenvalue weighted by molar-refractivity contribution is 9.10. The standard InChI is InChI=1S/C52H32S.C20H15BO2.C12H6Br2S/c1-3-15-33(16-4-1)49-37-19-7-11-23-41(37)51(42-24-12-8-20-38(42)49)35-27-29-47-45(31-35)46-32-36(28-30-48(46)53-47)52-43-25-13-9-21-39(43)50(34-17-5-2-6-18-34)40-22-10-14-26-44(40)52;22-21(23)20-17-12-6-4-10-15(17)19(14-8-2-1-3-9-14)16-11-5-7-13-18(16)20;13-7-1-3-11-9(5-7)10-6-8(14)2-4-12(10)15-11/h1-32H;1-13,22-23H;1-6H. The van der Waals surface area contributed by atoms with Crippen LogP contribution in [0, 0.1) is 0 Å². The van der Waals surface area contributed by atoms with E-state index in [2.05, 4.69) is 275 Å².